The number of nitrogens with two attached hydrogens (primary N) is 1. The molecule has 0 bridgehead atoms. The van der Waals surface area contributed by atoms with Gasteiger partial charge in [0.1, 0.15) is 11.6 Å². The number of nitrogens with one attached hydrogen (secondary N) is 1. The Morgan fingerprint density at radius 2 is 1.80 bits per heavy atom. The lowest BCUT2D eigenvalue weighted by Crippen LogP contribution is -2.38. The quantitative estimate of drug-likeness (QED) is 0.651. The molecule has 0 heterocycles. The molecule has 2 rings (SSSR count). The minimum absolute atomic E-state index is 0.0719. The molecule has 20 heavy (non-hydrogen) atoms. The van der Waals surface area contributed by atoms with E-state index in [4.69, 9.17) is 5.84 Å². The molecule has 0 fully saturated rings. The summed E-state index contributed by atoms with van der Waals surface area (Å²) < 4.78 is 26.4. The van der Waals surface area contributed by atoms with Gasteiger partial charge in [0.05, 0.1) is 0 Å². The first-order valence-corrected chi connectivity index (χ1v) is 6.54. The van der Waals surface area contributed by atoms with Gasteiger partial charge in [-0.3, -0.25) is 11.3 Å². The van der Waals surface area contributed by atoms with Crippen molar-refractivity contribution in [3.63, 3.8) is 0 Å². The van der Waals surface area contributed by atoms with Crippen LogP contribution in [-0.2, 0) is 12.8 Å². The maximum Gasteiger partial charge on any atom is 0.123 e. The lowest BCUT2D eigenvalue weighted by molar-refractivity contribution is 0.517. The number of aryl methyl sites for hydroxylation is 1. The lowest BCUT2D eigenvalue weighted by atomic mass is 9.96. The first-order chi connectivity index (χ1) is 9.58. The fourth-order valence-corrected chi connectivity index (χ4v) is 2.26. The molecule has 0 aliphatic carbocycles. The fraction of sp³-hybridized carbons (Fsp3) is 0.250. The number of benzene rings is 2. The minimum Gasteiger partial charge on any atom is -0.271 e. The zero-order valence-electron chi connectivity index (χ0n) is 11.4. The average molecular weight is 276 g/mol. The van der Waals surface area contributed by atoms with Gasteiger partial charge in [-0.1, -0.05) is 18.2 Å². The van der Waals surface area contributed by atoms with E-state index in [1.165, 1.54) is 24.3 Å². The summed E-state index contributed by atoms with van der Waals surface area (Å²) >= 11 is 0. The van der Waals surface area contributed by atoms with Crippen molar-refractivity contribution in [2.45, 2.75) is 25.8 Å². The molecule has 2 nitrogen and oxygen atoms in total. The SMILES string of the molecule is Cc1ccc(F)cc1CC(Cc1cccc(F)c1)NN. The van der Waals surface area contributed by atoms with E-state index in [-0.39, 0.29) is 17.7 Å². The van der Waals surface area contributed by atoms with Gasteiger partial charge in [0.2, 0.25) is 0 Å². The molecule has 0 aliphatic heterocycles. The van der Waals surface area contributed by atoms with Crippen molar-refractivity contribution >= 4 is 0 Å². The molecule has 2 aromatic carbocycles. The van der Waals surface area contributed by atoms with Gasteiger partial charge >= 0.3 is 0 Å². The van der Waals surface area contributed by atoms with Crippen LogP contribution in [0.2, 0.25) is 0 Å². The molecule has 2 aromatic rings. The molecule has 4 heteroatoms. The van der Waals surface area contributed by atoms with E-state index in [1.807, 2.05) is 13.0 Å². The second-order valence-electron chi connectivity index (χ2n) is 4.97. The maximum absolute atomic E-state index is 13.3. The summed E-state index contributed by atoms with van der Waals surface area (Å²) in [7, 11) is 0. The Morgan fingerprint density at radius 1 is 1.05 bits per heavy atom. The Bertz CT molecular complexity index is 584. The summed E-state index contributed by atoms with van der Waals surface area (Å²) in [5, 5.41) is 0. The van der Waals surface area contributed by atoms with Crippen molar-refractivity contribution in [1.82, 2.24) is 5.43 Å². The van der Waals surface area contributed by atoms with Gasteiger partial charge in [0.15, 0.2) is 0 Å². The molecule has 3 N–H and O–H groups in total. The number of hydrogen-bond donors (Lipinski definition) is 2. The second-order valence-corrected chi connectivity index (χ2v) is 4.97. The summed E-state index contributed by atoms with van der Waals surface area (Å²) in [6.45, 7) is 1.94. The van der Waals surface area contributed by atoms with Crippen LogP contribution in [-0.4, -0.2) is 6.04 Å². The summed E-state index contributed by atoms with van der Waals surface area (Å²) in [5.41, 5.74) is 5.51. The van der Waals surface area contributed by atoms with E-state index < -0.39 is 0 Å². The maximum atomic E-state index is 13.3. The van der Waals surface area contributed by atoms with Crippen LogP contribution in [0.25, 0.3) is 0 Å². The van der Waals surface area contributed by atoms with Gasteiger partial charge in [-0.15, -0.1) is 0 Å². The third-order valence-electron chi connectivity index (χ3n) is 3.38. The number of rotatable bonds is 5. The van der Waals surface area contributed by atoms with Crippen LogP contribution in [0.1, 0.15) is 16.7 Å². The van der Waals surface area contributed by atoms with Crippen LogP contribution in [0.3, 0.4) is 0 Å². The fourth-order valence-electron chi connectivity index (χ4n) is 2.26. The van der Waals surface area contributed by atoms with Crippen LogP contribution >= 0.6 is 0 Å². The predicted molar refractivity (Wildman–Crippen MR) is 76.1 cm³/mol. The van der Waals surface area contributed by atoms with Crippen LogP contribution < -0.4 is 11.3 Å². The molecule has 0 saturated heterocycles. The zero-order chi connectivity index (χ0) is 14.5. The third-order valence-corrected chi connectivity index (χ3v) is 3.38. The molecule has 0 aromatic heterocycles. The van der Waals surface area contributed by atoms with Crippen molar-refractivity contribution in [3.8, 4) is 0 Å². The first-order valence-electron chi connectivity index (χ1n) is 6.54. The predicted octanol–water partition coefficient (Wildman–Crippen LogP) is 2.89. The highest BCUT2D eigenvalue weighted by Crippen LogP contribution is 2.15. The molecule has 0 saturated carbocycles. The average Bonchev–Trinajstić information content (AvgIpc) is 2.42. The van der Waals surface area contributed by atoms with Gasteiger partial charge in [0, 0.05) is 6.04 Å². The Balaban J connectivity index is 2.11. The highest BCUT2D eigenvalue weighted by Gasteiger charge is 2.11. The van der Waals surface area contributed by atoms with E-state index in [1.54, 1.807) is 12.1 Å². The standard InChI is InChI=1S/C16H18F2N2/c1-11-5-6-15(18)9-13(11)10-16(20-19)8-12-3-2-4-14(17)7-12/h2-7,9,16,20H,8,10,19H2,1H3. The minimum atomic E-state index is -0.264. The van der Waals surface area contributed by atoms with Gasteiger partial charge < -0.3 is 0 Å². The molecule has 0 aliphatic rings. The molecule has 0 amide bonds. The number of hydrazine groups is 1. The Morgan fingerprint density at radius 3 is 2.50 bits per heavy atom. The van der Waals surface area contributed by atoms with Crippen LogP contribution in [0, 0.1) is 18.6 Å². The monoisotopic (exact) mass is 276 g/mol. The topological polar surface area (TPSA) is 38.0 Å². The molecule has 1 unspecified atom stereocenters. The first kappa shape index (κ1) is 14.6. The van der Waals surface area contributed by atoms with Crippen molar-refractivity contribution in [2.75, 3.05) is 0 Å². The molecular formula is C16H18F2N2. The highest BCUT2D eigenvalue weighted by atomic mass is 19.1. The number of halogens is 2. The summed E-state index contributed by atoms with van der Waals surface area (Å²) in [5.74, 6) is 5.04. The lowest BCUT2D eigenvalue weighted by Gasteiger charge is -2.17. The van der Waals surface area contributed by atoms with E-state index in [0.717, 1.165) is 16.7 Å². The highest BCUT2D eigenvalue weighted by molar-refractivity contribution is 5.28. The van der Waals surface area contributed by atoms with E-state index in [0.29, 0.717) is 12.8 Å². The van der Waals surface area contributed by atoms with Crippen LogP contribution in [0.4, 0.5) is 8.78 Å². The summed E-state index contributed by atoms with van der Waals surface area (Å²) in [6.07, 6.45) is 1.18. The second kappa shape index (κ2) is 6.59. The zero-order valence-corrected chi connectivity index (χ0v) is 11.4. The van der Waals surface area contributed by atoms with Crippen LogP contribution in [0.5, 0.6) is 0 Å². The third kappa shape index (κ3) is 3.85. The van der Waals surface area contributed by atoms with E-state index in [2.05, 4.69) is 5.43 Å². The Hall–Kier alpha value is -1.78. The summed E-state index contributed by atoms with van der Waals surface area (Å²) in [6, 6.07) is 11.1. The van der Waals surface area contributed by atoms with Crippen molar-refractivity contribution < 1.29 is 8.78 Å². The van der Waals surface area contributed by atoms with E-state index >= 15 is 0 Å². The normalized spacial score (nSPS) is 12.4. The Labute approximate surface area is 117 Å². The van der Waals surface area contributed by atoms with Crippen molar-refractivity contribution in [3.05, 3.63) is 70.8 Å². The molecular weight excluding hydrogens is 258 g/mol. The van der Waals surface area contributed by atoms with E-state index in [9.17, 15) is 8.78 Å². The molecule has 1 atom stereocenters. The number of hydrogen-bond acceptors (Lipinski definition) is 2. The largest absolute Gasteiger partial charge is 0.271 e. The molecule has 0 spiro atoms. The van der Waals surface area contributed by atoms with Gasteiger partial charge in [-0.2, -0.15) is 0 Å². The smallest absolute Gasteiger partial charge is 0.123 e. The Kier molecular flexibility index (Phi) is 4.82. The van der Waals surface area contributed by atoms with Crippen molar-refractivity contribution in [1.29, 1.82) is 0 Å². The van der Waals surface area contributed by atoms with Gasteiger partial charge in [0.25, 0.3) is 0 Å². The van der Waals surface area contributed by atoms with Crippen molar-refractivity contribution in [2.24, 2.45) is 5.84 Å². The van der Waals surface area contributed by atoms with Gasteiger partial charge in [-0.25, -0.2) is 8.78 Å². The van der Waals surface area contributed by atoms with Crippen LogP contribution in [0.15, 0.2) is 42.5 Å². The van der Waals surface area contributed by atoms with Gasteiger partial charge in [-0.05, 0) is 60.7 Å². The summed E-state index contributed by atoms with van der Waals surface area (Å²) in [4.78, 5) is 0. The molecule has 106 valence electrons. The molecule has 0 radical (unpaired) electrons.